The fraction of sp³-hybridized carbons (Fsp3) is 0. The molecule has 0 heterocycles. The van der Waals surface area contributed by atoms with Gasteiger partial charge >= 0.3 is 0 Å². The Bertz CT molecular complexity index is 1140. The molecule has 0 saturated heterocycles. The highest BCUT2D eigenvalue weighted by Crippen LogP contribution is 2.54. The van der Waals surface area contributed by atoms with E-state index in [2.05, 4.69) is 133 Å². The molecule has 0 amide bonds. The van der Waals surface area contributed by atoms with E-state index >= 15 is 0 Å². The van der Waals surface area contributed by atoms with Crippen LogP contribution in [0.1, 0.15) is 0 Å². The van der Waals surface area contributed by atoms with Crippen molar-refractivity contribution in [2.75, 3.05) is 0 Å². The van der Waals surface area contributed by atoms with Crippen molar-refractivity contribution in [2.24, 2.45) is 0 Å². The van der Waals surface area contributed by atoms with Crippen molar-refractivity contribution in [3.63, 3.8) is 0 Å². The zero-order valence-corrected chi connectivity index (χ0v) is 18.2. The lowest BCUT2D eigenvalue weighted by atomic mass is 10.1. The molecular formula is C28H22ClP. The first-order valence-corrected chi connectivity index (χ1v) is 11.7. The molecule has 30 heavy (non-hydrogen) atoms. The second kappa shape index (κ2) is 8.84. The predicted molar refractivity (Wildman–Crippen MR) is 129 cm³/mol. The molecule has 0 bridgehead atoms. The van der Waals surface area contributed by atoms with Gasteiger partial charge in [0.05, 0.1) is 0 Å². The lowest BCUT2D eigenvalue weighted by molar-refractivity contribution is -0.00000543. The first-order valence-electron chi connectivity index (χ1n) is 9.94. The van der Waals surface area contributed by atoms with Gasteiger partial charge in [0.15, 0.2) is 0 Å². The van der Waals surface area contributed by atoms with E-state index in [0.717, 1.165) is 0 Å². The smallest absolute Gasteiger partial charge is 0.144 e. The van der Waals surface area contributed by atoms with E-state index in [1.165, 1.54) is 32.0 Å². The number of hydrogen-bond acceptors (Lipinski definition) is 0. The summed E-state index contributed by atoms with van der Waals surface area (Å²) >= 11 is 0. The van der Waals surface area contributed by atoms with Crippen molar-refractivity contribution in [3.05, 3.63) is 133 Å². The molecular weight excluding hydrogens is 403 g/mol. The summed E-state index contributed by atoms with van der Waals surface area (Å²) in [6, 6.07) is 48.7. The summed E-state index contributed by atoms with van der Waals surface area (Å²) in [6.45, 7) is 0. The van der Waals surface area contributed by atoms with Gasteiger partial charge < -0.3 is 12.4 Å². The summed E-state index contributed by atoms with van der Waals surface area (Å²) in [7, 11) is -2.01. The van der Waals surface area contributed by atoms with E-state index < -0.39 is 7.26 Å². The highest BCUT2D eigenvalue weighted by Gasteiger charge is 2.47. The van der Waals surface area contributed by atoms with Crippen molar-refractivity contribution in [1.82, 2.24) is 0 Å². The lowest BCUT2D eigenvalue weighted by Gasteiger charge is -2.27. The van der Waals surface area contributed by atoms with Crippen LogP contribution >= 0.6 is 7.26 Å². The number of rotatable bonds is 4. The van der Waals surface area contributed by atoms with Gasteiger partial charge in [-0.2, -0.15) is 0 Å². The van der Waals surface area contributed by atoms with E-state index in [1.54, 1.807) is 0 Å². The maximum Gasteiger partial charge on any atom is 0.144 e. The normalized spacial score (nSPS) is 11.1. The van der Waals surface area contributed by atoms with Gasteiger partial charge in [-0.05, 0) is 59.3 Å². The number of benzene rings is 5. The van der Waals surface area contributed by atoms with Crippen LogP contribution in [-0.2, 0) is 0 Å². The standard InChI is InChI=1S/C28H22P.ClH/c1-4-14-25(15-5-1)29(26-16-6-2-7-17-26,27-18-8-3-9-19-27)28-21-20-23-12-10-11-13-24(23)22-28;/h1-22H;1H/q+1;/p-1. The number of halogens is 1. The van der Waals surface area contributed by atoms with Crippen LogP contribution in [-0.4, -0.2) is 0 Å². The minimum Gasteiger partial charge on any atom is -1.00 e. The average molecular weight is 425 g/mol. The van der Waals surface area contributed by atoms with Gasteiger partial charge in [-0.25, -0.2) is 0 Å². The van der Waals surface area contributed by atoms with Crippen molar-refractivity contribution in [3.8, 4) is 0 Å². The Morgan fingerprint density at radius 2 is 0.733 bits per heavy atom. The summed E-state index contributed by atoms with van der Waals surface area (Å²) in [4.78, 5) is 0. The minimum absolute atomic E-state index is 0. The van der Waals surface area contributed by atoms with Crippen molar-refractivity contribution in [2.45, 2.75) is 0 Å². The van der Waals surface area contributed by atoms with Crippen LogP contribution in [0.25, 0.3) is 10.8 Å². The van der Waals surface area contributed by atoms with E-state index in [-0.39, 0.29) is 12.4 Å². The maximum absolute atomic E-state index is 2.40. The topological polar surface area (TPSA) is 0 Å². The molecule has 0 atom stereocenters. The molecule has 0 spiro atoms. The zero-order valence-electron chi connectivity index (χ0n) is 16.5. The van der Waals surface area contributed by atoms with E-state index in [9.17, 15) is 0 Å². The van der Waals surface area contributed by atoms with Crippen molar-refractivity contribution >= 4 is 39.3 Å². The largest absolute Gasteiger partial charge is 1.00 e. The highest BCUT2D eigenvalue weighted by molar-refractivity contribution is 8.01. The van der Waals surface area contributed by atoms with Crippen LogP contribution in [0.15, 0.2) is 133 Å². The molecule has 0 aliphatic rings. The Morgan fingerprint density at radius 3 is 1.20 bits per heavy atom. The molecule has 0 aromatic heterocycles. The van der Waals surface area contributed by atoms with Crippen LogP contribution in [0.5, 0.6) is 0 Å². The van der Waals surface area contributed by atoms with Gasteiger partial charge in [0.25, 0.3) is 0 Å². The van der Waals surface area contributed by atoms with E-state index in [1.807, 2.05) is 0 Å². The fourth-order valence-corrected chi connectivity index (χ4v) is 8.51. The van der Waals surface area contributed by atoms with E-state index in [0.29, 0.717) is 0 Å². The molecule has 0 fully saturated rings. The monoisotopic (exact) mass is 424 g/mol. The van der Waals surface area contributed by atoms with Crippen molar-refractivity contribution in [1.29, 1.82) is 0 Å². The van der Waals surface area contributed by atoms with Gasteiger partial charge in [-0.15, -0.1) is 0 Å². The summed E-state index contributed by atoms with van der Waals surface area (Å²) in [6.07, 6.45) is 0. The second-order valence-corrected chi connectivity index (χ2v) is 10.6. The number of fused-ring (bicyclic) bond motifs is 1. The first kappa shape index (κ1) is 20.4. The third kappa shape index (κ3) is 3.43. The van der Waals surface area contributed by atoms with Crippen LogP contribution < -0.4 is 33.6 Å². The van der Waals surface area contributed by atoms with Crippen molar-refractivity contribution < 1.29 is 12.4 Å². The molecule has 0 N–H and O–H groups in total. The molecule has 0 aliphatic heterocycles. The Morgan fingerprint density at radius 1 is 0.333 bits per heavy atom. The average Bonchev–Trinajstić information content (AvgIpc) is 2.82. The summed E-state index contributed by atoms with van der Waals surface area (Å²) in [5.41, 5.74) is 0. The molecule has 0 unspecified atom stereocenters. The highest BCUT2D eigenvalue weighted by atomic mass is 35.5. The Labute approximate surface area is 185 Å². The van der Waals surface area contributed by atoms with Gasteiger partial charge in [-0.3, -0.25) is 0 Å². The van der Waals surface area contributed by atoms with Crippen LogP contribution in [0.2, 0.25) is 0 Å². The second-order valence-electron chi connectivity index (χ2n) is 7.21. The van der Waals surface area contributed by atoms with Gasteiger partial charge in [-0.1, -0.05) is 84.9 Å². The molecule has 0 saturated carbocycles. The molecule has 2 heteroatoms. The maximum atomic E-state index is 2.40. The molecule has 0 nitrogen and oxygen atoms in total. The fourth-order valence-electron chi connectivity index (χ4n) is 4.23. The SMILES string of the molecule is [Cl-].c1ccc([P+](c2ccccc2)(c2ccccc2)c2ccc3ccccc3c2)cc1. The van der Waals surface area contributed by atoms with Gasteiger partial charge in [0, 0.05) is 0 Å². The zero-order chi connectivity index (χ0) is 19.5. The first-order chi connectivity index (χ1) is 14.4. The summed E-state index contributed by atoms with van der Waals surface area (Å²) in [5.74, 6) is 0. The molecule has 5 aromatic rings. The Hall–Kier alpha value is -2.92. The molecule has 0 radical (unpaired) electrons. The summed E-state index contributed by atoms with van der Waals surface area (Å²) < 4.78 is 0. The van der Waals surface area contributed by atoms with E-state index in [4.69, 9.17) is 0 Å². The molecule has 0 aliphatic carbocycles. The van der Waals surface area contributed by atoms with Crippen LogP contribution in [0, 0.1) is 0 Å². The third-order valence-electron chi connectivity index (χ3n) is 5.55. The molecule has 5 aromatic carbocycles. The third-order valence-corrected chi connectivity index (χ3v) is 9.82. The van der Waals surface area contributed by atoms with Crippen LogP contribution in [0.3, 0.4) is 0 Å². The Balaban J connectivity index is 0.00000218. The number of hydrogen-bond donors (Lipinski definition) is 0. The van der Waals surface area contributed by atoms with Crippen LogP contribution in [0.4, 0.5) is 0 Å². The lowest BCUT2D eigenvalue weighted by Crippen LogP contribution is -3.00. The summed E-state index contributed by atoms with van der Waals surface area (Å²) in [5, 5.41) is 8.11. The minimum atomic E-state index is -2.01. The molecule has 146 valence electrons. The van der Waals surface area contributed by atoms with Gasteiger partial charge in [0.2, 0.25) is 0 Å². The van der Waals surface area contributed by atoms with Gasteiger partial charge in [0.1, 0.15) is 28.5 Å². The quantitative estimate of drug-likeness (QED) is 0.389. The predicted octanol–water partition coefficient (Wildman–Crippen LogP) is 2.46. The Kier molecular flexibility index (Phi) is 6.00. The molecule has 5 rings (SSSR count).